The highest BCUT2D eigenvalue weighted by molar-refractivity contribution is 7.92. The van der Waals surface area contributed by atoms with Crippen molar-refractivity contribution in [1.82, 2.24) is 0 Å². The van der Waals surface area contributed by atoms with Crippen LogP contribution in [0.15, 0.2) is 71.6 Å². The SMILES string of the molecule is Cc1cc(F)ccc1NC(=O)c1ccc(S(=O)(=O)Nc2ccccc2C)cc1. The third-order valence-electron chi connectivity index (χ3n) is 4.25. The largest absolute Gasteiger partial charge is 0.322 e. The molecule has 0 fully saturated rings. The van der Waals surface area contributed by atoms with Gasteiger partial charge in [0.15, 0.2) is 0 Å². The number of para-hydroxylation sites is 1. The van der Waals surface area contributed by atoms with Crippen LogP contribution < -0.4 is 10.0 Å². The molecule has 144 valence electrons. The Hall–Kier alpha value is -3.19. The molecule has 3 aromatic carbocycles. The second-order valence-corrected chi connectivity index (χ2v) is 8.04. The molecule has 0 aliphatic carbocycles. The average Bonchev–Trinajstić information content (AvgIpc) is 2.66. The third-order valence-corrected chi connectivity index (χ3v) is 5.63. The summed E-state index contributed by atoms with van der Waals surface area (Å²) in [5.74, 6) is -0.795. The van der Waals surface area contributed by atoms with E-state index in [-0.39, 0.29) is 10.7 Å². The fourth-order valence-corrected chi connectivity index (χ4v) is 3.77. The van der Waals surface area contributed by atoms with Crippen molar-refractivity contribution < 1.29 is 17.6 Å². The van der Waals surface area contributed by atoms with Crippen molar-refractivity contribution in [2.24, 2.45) is 0 Å². The van der Waals surface area contributed by atoms with Crippen LogP contribution in [0.2, 0.25) is 0 Å². The molecule has 0 unspecified atom stereocenters. The van der Waals surface area contributed by atoms with E-state index in [0.29, 0.717) is 22.5 Å². The Labute approximate surface area is 163 Å². The number of halogens is 1. The Morgan fingerprint density at radius 3 is 2.18 bits per heavy atom. The molecule has 7 heteroatoms. The van der Waals surface area contributed by atoms with Crippen LogP contribution in [0, 0.1) is 19.7 Å². The van der Waals surface area contributed by atoms with Crippen molar-refractivity contribution in [2.75, 3.05) is 10.0 Å². The summed E-state index contributed by atoms with van der Waals surface area (Å²) in [6.07, 6.45) is 0. The van der Waals surface area contributed by atoms with E-state index in [1.807, 2.05) is 19.1 Å². The summed E-state index contributed by atoms with van der Waals surface area (Å²) in [5, 5.41) is 2.69. The summed E-state index contributed by atoms with van der Waals surface area (Å²) in [7, 11) is -3.77. The molecule has 0 radical (unpaired) electrons. The Kier molecular flexibility index (Phi) is 5.46. The predicted molar refractivity (Wildman–Crippen MR) is 108 cm³/mol. The minimum Gasteiger partial charge on any atom is -0.322 e. The minimum atomic E-state index is -3.77. The molecule has 3 rings (SSSR count). The Balaban J connectivity index is 1.77. The van der Waals surface area contributed by atoms with E-state index in [4.69, 9.17) is 0 Å². The number of nitrogens with one attached hydrogen (secondary N) is 2. The fourth-order valence-electron chi connectivity index (χ4n) is 2.64. The second-order valence-electron chi connectivity index (χ2n) is 6.36. The van der Waals surface area contributed by atoms with Crippen LogP contribution >= 0.6 is 0 Å². The standard InChI is InChI=1S/C21H19FN2O3S/c1-14-5-3-4-6-20(14)24-28(26,27)18-10-7-16(8-11-18)21(25)23-19-12-9-17(22)13-15(19)2/h3-13,24H,1-2H3,(H,23,25). The molecule has 0 saturated heterocycles. The van der Waals surface area contributed by atoms with Gasteiger partial charge in [0.1, 0.15) is 5.82 Å². The van der Waals surface area contributed by atoms with Gasteiger partial charge >= 0.3 is 0 Å². The van der Waals surface area contributed by atoms with Gasteiger partial charge in [-0.3, -0.25) is 9.52 Å². The van der Waals surface area contributed by atoms with Crippen LogP contribution in [0.5, 0.6) is 0 Å². The number of hydrogen-bond donors (Lipinski definition) is 2. The first-order valence-corrected chi connectivity index (χ1v) is 10.0. The quantitative estimate of drug-likeness (QED) is 0.665. The zero-order valence-electron chi connectivity index (χ0n) is 15.4. The number of carbonyl (C=O) groups is 1. The lowest BCUT2D eigenvalue weighted by molar-refractivity contribution is 0.102. The molecule has 0 aromatic heterocycles. The first kappa shape index (κ1) is 19.6. The number of sulfonamides is 1. The van der Waals surface area contributed by atoms with E-state index in [2.05, 4.69) is 10.0 Å². The van der Waals surface area contributed by atoms with Gasteiger partial charge < -0.3 is 5.32 Å². The van der Waals surface area contributed by atoms with E-state index < -0.39 is 15.9 Å². The highest BCUT2D eigenvalue weighted by Gasteiger charge is 2.16. The van der Waals surface area contributed by atoms with Gasteiger partial charge in [0, 0.05) is 11.3 Å². The number of benzene rings is 3. The van der Waals surface area contributed by atoms with Gasteiger partial charge in [0.25, 0.3) is 15.9 Å². The topological polar surface area (TPSA) is 75.3 Å². The summed E-state index contributed by atoms with van der Waals surface area (Å²) < 4.78 is 40.8. The van der Waals surface area contributed by atoms with Crippen molar-refractivity contribution >= 4 is 27.3 Å². The van der Waals surface area contributed by atoms with Crippen LogP contribution in [0.3, 0.4) is 0 Å². The summed E-state index contributed by atoms with van der Waals surface area (Å²) in [5.41, 5.74) is 2.67. The molecule has 0 heterocycles. The number of amides is 1. The second kappa shape index (κ2) is 7.82. The summed E-state index contributed by atoms with van der Waals surface area (Å²) in [6.45, 7) is 3.49. The molecule has 3 aromatic rings. The van der Waals surface area contributed by atoms with Crippen LogP contribution in [-0.4, -0.2) is 14.3 Å². The molecular weight excluding hydrogens is 379 g/mol. The fraction of sp³-hybridized carbons (Fsp3) is 0.0952. The number of anilines is 2. The lowest BCUT2D eigenvalue weighted by atomic mass is 10.1. The van der Waals surface area contributed by atoms with Crippen LogP contribution in [-0.2, 0) is 10.0 Å². The maximum Gasteiger partial charge on any atom is 0.261 e. The lowest BCUT2D eigenvalue weighted by Crippen LogP contribution is -2.15. The Morgan fingerprint density at radius 2 is 1.54 bits per heavy atom. The normalized spacial score (nSPS) is 11.1. The highest BCUT2D eigenvalue weighted by Crippen LogP contribution is 2.21. The molecule has 0 aliphatic heterocycles. The Morgan fingerprint density at radius 1 is 0.857 bits per heavy atom. The van der Waals surface area contributed by atoms with Gasteiger partial charge in [-0.2, -0.15) is 0 Å². The van der Waals surface area contributed by atoms with Gasteiger partial charge in [-0.1, -0.05) is 18.2 Å². The summed E-state index contributed by atoms with van der Waals surface area (Å²) in [4.78, 5) is 12.4. The summed E-state index contributed by atoms with van der Waals surface area (Å²) in [6, 6.07) is 16.7. The molecular formula is C21H19FN2O3S. The number of rotatable bonds is 5. The van der Waals surface area contributed by atoms with Crippen molar-refractivity contribution in [3.05, 3.63) is 89.2 Å². The van der Waals surface area contributed by atoms with E-state index in [1.165, 1.54) is 42.5 Å². The molecule has 0 spiro atoms. The monoisotopic (exact) mass is 398 g/mol. The predicted octanol–water partition coefficient (Wildman–Crippen LogP) is 4.50. The molecule has 0 saturated carbocycles. The maximum atomic E-state index is 13.2. The molecule has 0 atom stereocenters. The smallest absolute Gasteiger partial charge is 0.261 e. The summed E-state index contributed by atoms with van der Waals surface area (Å²) >= 11 is 0. The molecule has 0 aliphatic rings. The first-order chi connectivity index (χ1) is 13.3. The number of carbonyl (C=O) groups excluding carboxylic acids is 1. The Bertz CT molecular complexity index is 1130. The van der Waals surface area contributed by atoms with Crippen molar-refractivity contribution in [3.63, 3.8) is 0 Å². The van der Waals surface area contributed by atoms with E-state index in [1.54, 1.807) is 19.1 Å². The highest BCUT2D eigenvalue weighted by atomic mass is 32.2. The van der Waals surface area contributed by atoms with E-state index in [9.17, 15) is 17.6 Å². The zero-order chi connectivity index (χ0) is 20.3. The van der Waals surface area contributed by atoms with Crippen molar-refractivity contribution in [2.45, 2.75) is 18.7 Å². The molecule has 28 heavy (non-hydrogen) atoms. The molecule has 1 amide bonds. The minimum absolute atomic E-state index is 0.0465. The van der Waals surface area contributed by atoms with Gasteiger partial charge in [-0.05, 0) is 73.5 Å². The number of aryl methyl sites for hydroxylation is 2. The maximum absolute atomic E-state index is 13.2. The zero-order valence-corrected chi connectivity index (χ0v) is 16.2. The lowest BCUT2D eigenvalue weighted by Gasteiger charge is -2.11. The molecule has 5 nitrogen and oxygen atoms in total. The van der Waals surface area contributed by atoms with Crippen molar-refractivity contribution in [3.8, 4) is 0 Å². The van der Waals surface area contributed by atoms with Crippen LogP contribution in [0.1, 0.15) is 21.5 Å². The average molecular weight is 398 g/mol. The first-order valence-electron chi connectivity index (χ1n) is 8.52. The van der Waals surface area contributed by atoms with Gasteiger partial charge in [-0.15, -0.1) is 0 Å². The van der Waals surface area contributed by atoms with Crippen LogP contribution in [0.25, 0.3) is 0 Å². The molecule has 2 N–H and O–H groups in total. The van der Waals surface area contributed by atoms with Gasteiger partial charge in [0.05, 0.1) is 10.6 Å². The van der Waals surface area contributed by atoms with Crippen LogP contribution in [0.4, 0.5) is 15.8 Å². The van der Waals surface area contributed by atoms with E-state index in [0.717, 1.165) is 5.56 Å². The van der Waals surface area contributed by atoms with Crippen molar-refractivity contribution in [1.29, 1.82) is 0 Å². The third kappa shape index (κ3) is 4.37. The number of hydrogen-bond acceptors (Lipinski definition) is 3. The van der Waals surface area contributed by atoms with E-state index >= 15 is 0 Å². The van der Waals surface area contributed by atoms with Gasteiger partial charge in [0.2, 0.25) is 0 Å². The van der Waals surface area contributed by atoms with Gasteiger partial charge in [-0.25, -0.2) is 12.8 Å². The molecule has 0 bridgehead atoms.